The van der Waals surface area contributed by atoms with Gasteiger partial charge < -0.3 is 4.57 Å². The van der Waals surface area contributed by atoms with Gasteiger partial charge in [-0.1, -0.05) is 133 Å². The SMILES string of the molecule is c1ccc(-c2ccc3cc(-c4cc(-c5ccc(-c6cc7ccccc7s6)cc5)nc(-c5ccc(-n6c7ccccc7c7ccccc76)cc5)n4)ccc3c2)cc1. The lowest BCUT2D eigenvalue weighted by atomic mass is 9.98. The smallest absolute Gasteiger partial charge is 0.160 e. The minimum Gasteiger partial charge on any atom is -0.309 e. The summed E-state index contributed by atoms with van der Waals surface area (Å²) in [6.45, 7) is 0. The van der Waals surface area contributed by atoms with E-state index in [1.807, 2.05) is 11.3 Å². The standard InChI is InChI=1S/C52H33N3S/c1-2-10-34(11-3-1)38-22-23-40-31-41(25-24-39(40)30-38)47-33-46(35-18-20-36(21-19-35)51-32-42-12-4-9-17-50(42)56-51)53-52(54-47)37-26-28-43(29-27-37)55-48-15-7-5-13-44(48)45-14-6-8-16-49(45)55/h1-33H. The summed E-state index contributed by atoms with van der Waals surface area (Å²) in [6, 6.07) is 71.5. The fraction of sp³-hybridized carbons (Fsp3) is 0. The van der Waals surface area contributed by atoms with Crippen molar-refractivity contribution >= 4 is 54.0 Å². The van der Waals surface area contributed by atoms with Gasteiger partial charge in [0.25, 0.3) is 0 Å². The summed E-state index contributed by atoms with van der Waals surface area (Å²) < 4.78 is 3.64. The number of rotatable bonds is 6. The molecule has 11 aromatic rings. The van der Waals surface area contributed by atoms with Crippen LogP contribution in [0.1, 0.15) is 0 Å². The Morgan fingerprint density at radius 3 is 1.62 bits per heavy atom. The van der Waals surface area contributed by atoms with Crippen LogP contribution in [0.2, 0.25) is 0 Å². The van der Waals surface area contributed by atoms with Gasteiger partial charge in [-0.05, 0) is 99.6 Å². The predicted octanol–water partition coefficient (Wildman–Crippen LogP) is 14.3. The zero-order valence-electron chi connectivity index (χ0n) is 30.3. The molecule has 8 aromatic carbocycles. The molecule has 0 aliphatic carbocycles. The summed E-state index contributed by atoms with van der Waals surface area (Å²) in [5.41, 5.74) is 12.0. The van der Waals surface area contributed by atoms with Crippen LogP contribution in [-0.4, -0.2) is 14.5 Å². The lowest BCUT2D eigenvalue weighted by Crippen LogP contribution is -1.97. The van der Waals surface area contributed by atoms with Gasteiger partial charge in [0.2, 0.25) is 0 Å². The van der Waals surface area contributed by atoms with E-state index in [2.05, 4.69) is 205 Å². The van der Waals surface area contributed by atoms with E-state index in [-0.39, 0.29) is 0 Å². The van der Waals surface area contributed by atoms with Gasteiger partial charge in [0.1, 0.15) is 0 Å². The van der Waals surface area contributed by atoms with E-state index in [4.69, 9.17) is 9.97 Å². The van der Waals surface area contributed by atoms with Crippen molar-refractivity contribution in [3.8, 4) is 61.2 Å². The number of benzene rings is 8. The largest absolute Gasteiger partial charge is 0.309 e. The molecule has 56 heavy (non-hydrogen) atoms. The van der Waals surface area contributed by atoms with Crippen molar-refractivity contribution in [2.24, 2.45) is 0 Å². The Bertz CT molecular complexity index is 3140. The van der Waals surface area contributed by atoms with Gasteiger partial charge in [-0.2, -0.15) is 0 Å². The number of thiophene rings is 1. The van der Waals surface area contributed by atoms with Crippen LogP contribution >= 0.6 is 11.3 Å². The Hall–Kier alpha value is -7.14. The van der Waals surface area contributed by atoms with E-state index < -0.39 is 0 Å². The topological polar surface area (TPSA) is 30.7 Å². The lowest BCUT2D eigenvalue weighted by molar-refractivity contribution is 1.16. The van der Waals surface area contributed by atoms with Crippen molar-refractivity contribution < 1.29 is 0 Å². The monoisotopic (exact) mass is 731 g/mol. The van der Waals surface area contributed by atoms with Crippen LogP contribution in [0.4, 0.5) is 0 Å². The van der Waals surface area contributed by atoms with Crippen molar-refractivity contribution in [3.63, 3.8) is 0 Å². The molecule has 0 N–H and O–H groups in total. The first-order valence-corrected chi connectivity index (χ1v) is 19.7. The Kier molecular flexibility index (Phi) is 7.68. The fourth-order valence-corrected chi connectivity index (χ4v) is 9.05. The van der Waals surface area contributed by atoms with Crippen molar-refractivity contribution in [3.05, 3.63) is 200 Å². The van der Waals surface area contributed by atoms with Gasteiger partial charge in [0.15, 0.2) is 5.82 Å². The number of para-hydroxylation sites is 2. The summed E-state index contributed by atoms with van der Waals surface area (Å²) in [7, 11) is 0. The molecule has 11 rings (SSSR count). The molecule has 262 valence electrons. The highest BCUT2D eigenvalue weighted by molar-refractivity contribution is 7.22. The normalized spacial score (nSPS) is 11.6. The van der Waals surface area contributed by atoms with Crippen LogP contribution in [-0.2, 0) is 0 Å². The van der Waals surface area contributed by atoms with Crippen LogP contribution in [0.3, 0.4) is 0 Å². The molecular weight excluding hydrogens is 699 g/mol. The first-order valence-electron chi connectivity index (χ1n) is 18.9. The van der Waals surface area contributed by atoms with Gasteiger partial charge in [0.05, 0.1) is 22.4 Å². The summed E-state index contributed by atoms with van der Waals surface area (Å²) in [6.07, 6.45) is 0. The number of hydrogen-bond acceptors (Lipinski definition) is 3. The summed E-state index contributed by atoms with van der Waals surface area (Å²) in [5, 5.41) is 6.14. The van der Waals surface area contributed by atoms with Gasteiger partial charge in [-0.25, -0.2) is 9.97 Å². The predicted molar refractivity (Wildman–Crippen MR) is 236 cm³/mol. The van der Waals surface area contributed by atoms with Gasteiger partial charge in [0, 0.05) is 42.7 Å². The highest BCUT2D eigenvalue weighted by Crippen LogP contribution is 2.37. The molecule has 0 saturated carbocycles. The molecule has 0 unspecified atom stereocenters. The molecule has 0 aliphatic heterocycles. The third-order valence-corrected chi connectivity index (χ3v) is 12.0. The number of aromatic nitrogens is 3. The Morgan fingerprint density at radius 2 is 0.911 bits per heavy atom. The highest BCUT2D eigenvalue weighted by atomic mass is 32.1. The van der Waals surface area contributed by atoms with Crippen molar-refractivity contribution in [2.75, 3.05) is 0 Å². The maximum Gasteiger partial charge on any atom is 0.160 e. The van der Waals surface area contributed by atoms with Crippen LogP contribution < -0.4 is 0 Å². The maximum absolute atomic E-state index is 5.24. The molecule has 0 saturated heterocycles. The van der Waals surface area contributed by atoms with E-state index in [9.17, 15) is 0 Å². The molecule has 0 radical (unpaired) electrons. The van der Waals surface area contributed by atoms with Crippen molar-refractivity contribution in [2.45, 2.75) is 0 Å². The van der Waals surface area contributed by atoms with Crippen LogP contribution in [0.25, 0.3) is 104 Å². The summed E-state index contributed by atoms with van der Waals surface area (Å²) in [4.78, 5) is 11.7. The van der Waals surface area contributed by atoms with E-state index in [1.54, 1.807) is 0 Å². The summed E-state index contributed by atoms with van der Waals surface area (Å²) >= 11 is 1.83. The second kappa shape index (κ2) is 13.3. The number of nitrogens with zero attached hydrogens (tertiary/aromatic N) is 3. The summed E-state index contributed by atoms with van der Waals surface area (Å²) in [5.74, 6) is 0.694. The molecule has 3 heterocycles. The minimum absolute atomic E-state index is 0.694. The van der Waals surface area contributed by atoms with Crippen molar-refractivity contribution in [1.29, 1.82) is 0 Å². The first kappa shape index (κ1) is 32.3. The van der Waals surface area contributed by atoms with E-state index in [1.165, 1.54) is 64.2 Å². The molecule has 0 bridgehead atoms. The number of fused-ring (bicyclic) bond motifs is 5. The highest BCUT2D eigenvalue weighted by Gasteiger charge is 2.15. The Balaban J connectivity index is 1.01. The van der Waals surface area contributed by atoms with Gasteiger partial charge >= 0.3 is 0 Å². The molecule has 3 nitrogen and oxygen atoms in total. The van der Waals surface area contributed by atoms with Gasteiger partial charge in [-0.15, -0.1) is 11.3 Å². The maximum atomic E-state index is 5.24. The molecule has 4 heteroatoms. The van der Waals surface area contributed by atoms with Crippen LogP contribution in [0.15, 0.2) is 200 Å². The Labute approximate surface area is 328 Å². The fourth-order valence-electron chi connectivity index (χ4n) is 7.98. The molecule has 0 fully saturated rings. The third-order valence-electron chi connectivity index (χ3n) is 10.8. The van der Waals surface area contributed by atoms with E-state index in [0.717, 1.165) is 33.8 Å². The average Bonchev–Trinajstić information content (AvgIpc) is 3.86. The zero-order chi connectivity index (χ0) is 37.0. The molecule has 0 aliphatic rings. The van der Waals surface area contributed by atoms with E-state index in [0.29, 0.717) is 5.82 Å². The third kappa shape index (κ3) is 5.67. The lowest BCUT2D eigenvalue weighted by Gasteiger charge is -2.12. The molecular formula is C52H33N3S. The van der Waals surface area contributed by atoms with E-state index >= 15 is 0 Å². The molecule has 0 spiro atoms. The quantitative estimate of drug-likeness (QED) is 0.170. The first-order chi connectivity index (χ1) is 27.7. The second-order valence-electron chi connectivity index (χ2n) is 14.2. The second-order valence-corrected chi connectivity index (χ2v) is 15.3. The van der Waals surface area contributed by atoms with Crippen molar-refractivity contribution in [1.82, 2.24) is 14.5 Å². The van der Waals surface area contributed by atoms with Crippen LogP contribution in [0.5, 0.6) is 0 Å². The Morgan fingerprint density at radius 1 is 0.357 bits per heavy atom. The van der Waals surface area contributed by atoms with Gasteiger partial charge in [-0.3, -0.25) is 0 Å². The number of hydrogen-bond donors (Lipinski definition) is 0. The molecule has 0 atom stereocenters. The molecule has 3 aromatic heterocycles. The zero-order valence-corrected chi connectivity index (χ0v) is 31.1. The average molecular weight is 732 g/mol. The van der Waals surface area contributed by atoms with Crippen LogP contribution in [0, 0.1) is 0 Å². The molecule has 0 amide bonds. The minimum atomic E-state index is 0.694.